The lowest BCUT2D eigenvalue weighted by molar-refractivity contribution is -0.145. The molecule has 0 aliphatic carbocycles. The van der Waals surface area contributed by atoms with E-state index < -0.39 is 115 Å². The standard InChI is InChI=1S/C39H60N8O11/c1-9-10-11-12-13-26-14-16-27(17-15-26)35(54)45-29(20-48)36(55)42-22(3)33(52)41-19-30(50)46(8)31(25(6)49)37(56)43-23(4)34(53)44-28-18-21(2)47(39(28)58)24(5)32(51)38(57)40-7/h14-17,21-25,28-29,31,48-49H,9-13,18-20H2,1-8H3,(H,40,57)(H,41,52)(H,42,55)(H,43,56)(H,44,53)(H,45,54)/t21?,22-,23+,24?,25?,28+,29-,31+/m1/s1. The monoisotopic (exact) mass is 816 g/mol. The van der Waals surface area contributed by atoms with E-state index in [1.165, 1.54) is 46.7 Å². The van der Waals surface area contributed by atoms with Crippen LogP contribution in [0, 0.1) is 0 Å². The van der Waals surface area contributed by atoms with Crippen molar-refractivity contribution in [2.75, 3.05) is 27.2 Å². The van der Waals surface area contributed by atoms with Crippen molar-refractivity contribution in [1.82, 2.24) is 41.7 Å². The Morgan fingerprint density at radius 3 is 2.03 bits per heavy atom. The highest BCUT2D eigenvalue weighted by molar-refractivity contribution is 6.38. The SMILES string of the molecule is CCCCCCc1ccc(C(=O)N[C@H](CO)C(=O)N[C@H](C)C(=O)NCC(=O)N(C)[C@H](C(=O)N[C@@H](C)C(=O)N[C@H]2CC(C)N(C(C)C(=O)C(=O)NC)C2=O)C(C)O)cc1. The van der Waals surface area contributed by atoms with Gasteiger partial charge in [0.15, 0.2) is 0 Å². The van der Waals surface area contributed by atoms with E-state index in [9.17, 15) is 53.4 Å². The predicted molar refractivity (Wildman–Crippen MR) is 210 cm³/mol. The summed E-state index contributed by atoms with van der Waals surface area (Å²) < 4.78 is 0. The van der Waals surface area contributed by atoms with E-state index in [0.29, 0.717) is 0 Å². The Morgan fingerprint density at radius 1 is 0.862 bits per heavy atom. The molecule has 1 fully saturated rings. The van der Waals surface area contributed by atoms with Gasteiger partial charge in [-0.1, -0.05) is 38.3 Å². The van der Waals surface area contributed by atoms with Gasteiger partial charge in [0.25, 0.3) is 11.8 Å². The molecule has 1 aliphatic rings. The van der Waals surface area contributed by atoms with Gasteiger partial charge in [-0.2, -0.15) is 0 Å². The van der Waals surface area contributed by atoms with Crippen molar-refractivity contribution >= 4 is 53.0 Å². The summed E-state index contributed by atoms with van der Waals surface area (Å²) in [6, 6.07) is -1.07. The third-order valence-electron chi connectivity index (χ3n) is 9.96. The van der Waals surface area contributed by atoms with Crippen molar-refractivity contribution < 1.29 is 53.4 Å². The van der Waals surface area contributed by atoms with Gasteiger partial charge in [0, 0.05) is 25.7 Å². The van der Waals surface area contributed by atoms with Crippen LogP contribution in [0.1, 0.15) is 89.6 Å². The summed E-state index contributed by atoms with van der Waals surface area (Å²) in [6.45, 7) is 7.67. The Labute approximate surface area is 338 Å². The van der Waals surface area contributed by atoms with E-state index in [2.05, 4.69) is 38.8 Å². The van der Waals surface area contributed by atoms with Gasteiger partial charge in [0.1, 0.15) is 30.2 Å². The number of Topliss-reactive ketones (excluding diaryl/α,β-unsaturated/α-hetero) is 1. The molecule has 2 rings (SSSR count). The van der Waals surface area contributed by atoms with Crippen LogP contribution < -0.4 is 31.9 Å². The number of hydrogen-bond acceptors (Lipinski definition) is 11. The number of likely N-dealkylation sites (N-methyl/N-ethyl adjacent to an activating group) is 2. The van der Waals surface area contributed by atoms with Crippen LogP contribution in [-0.4, -0.2) is 149 Å². The highest BCUT2D eigenvalue weighted by Crippen LogP contribution is 2.22. The smallest absolute Gasteiger partial charge is 0.289 e. The molecule has 3 unspecified atom stereocenters. The topological polar surface area (TPSA) is 273 Å². The van der Waals surface area contributed by atoms with Gasteiger partial charge in [0.05, 0.1) is 25.3 Å². The Bertz CT molecular complexity index is 1650. The Balaban J connectivity index is 1.91. The number of hydrogen-bond donors (Lipinski definition) is 8. The molecule has 0 spiro atoms. The van der Waals surface area contributed by atoms with Crippen LogP contribution in [0.3, 0.4) is 0 Å². The van der Waals surface area contributed by atoms with Crippen molar-refractivity contribution in [2.45, 2.75) is 128 Å². The number of unbranched alkanes of at least 4 members (excludes halogenated alkanes) is 3. The number of aliphatic hydroxyl groups is 2. The molecule has 19 heteroatoms. The largest absolute Gasteiger partial charge is 0.394 e. The number of aryl methyl sites for hydroxylation is 1. The summed E-state index contributed by atoms with van der Waals surface area (Å²) in [5.41, 5.74) is 1.36. The molecular weight excluding hydrogens is 756 g/mol. The predicted octanol–water partition coefficient (Wildman–Crippen LogP) is -1.96. The normalized spacial score (nSPS) is 18.0. The maximum atomic E-state index is 13.2. The second kappa shape index (κ2) is 23.1. The van der Waals surface area contributed by atoms with Crippen LogP contribution >= 0.6 is 0 Å². The number of nitrogens with zero attached hydrogens (tertiary/aromatic N) is 2. The average molecular weight is 817 g/mol. The van der Waals surface area contributed by atoms with Crippen molar-refractivity contribution in [1.29, 1.82) is 0 Å². The third kappa shape index (κ3) is 13.6. The molecule has 1 aromatic carbocycles. The molecule has 58 heavy (non-hydrogen) atoms. The third-order valence-corrected chi connectivity index (χ3v) is 9.96. The molecule has 1 aliphatic heterocycles. The lowest BCUT2D eigenvalue weighted by atomic mass is 10.0. The second-order valence-corrected chi connectivity index (χ2v) is 14.6. The van der Waals surface area contributed by atoms with E-state index in [1.54, 1.807) is 19.1 Å². The molecule has 1 aromatic rings. The molecule has 0 radical (unpaired) electrons. The zero-order valence-electron chi connectivity index (χ0n) is 34.5. The van der Waals surface area contributed by atoms with Crippen LogP contribution in [-0.2, 0) is 44.8 Å². The van der Waals surface area contributed by atoms with Crippen molar-refractivity contribution in [3.05, 3.63) is 35.4 Å². The van der Waals surface area contributed by atoms with Crippen molar-refractivity contribution in [3.8, 4) is 0 Å². The molecule has 8 amide bonds. The van der Waals surface area contributed by atoms with Crippen LogP contribution in [0.15, 0.2) is 24.3 Å². The quantitative estimate of drug-likeness (QED) is 0.0470. The van der Waals surface area contributed by atoms with E-state index in [4.69, 9.17) is 0 Å². The molecule has 8 N–H and O–H groups in total. The first-order valence-corrected chi connectivity index (χ1v) is 19.5. The Morgan fingerprint density at radius 2 is 1.47 bits per heavy atom. The zero-order chi connectivity index (χ0) is 43.9. The molecule has 1 saturated heterocycles. The van der Waals surface area contributed by atoms with Gasteiger partial charge >= 0.3 is 0 Å². The molecule has 1 heterocycles. The van der Waals surface area contributed by atoms with Crippen LogP contribution in [0.2, 0.25) is 0 Å². The number of benzene rings is 1. The van der Waals surface area contributed by atoms with Gasteiger partial charge in [-0.05, 0) is 71.6 Å². The minimum Gasteiger partial charge on any atom is -0.394 e. The van der Waals surface area contributed by atoms with Crippen molar-refractivity contribution in [2.24, 2.45) is 0 Å². The maximum Gasteiger partial charge on any atom is 0.289 e. The molecular formula is C39H60N8O11. The zero-order valence-corrected chi connectivity index (χ0v) is 34.5. The fraction of sp³-hybridized carbons (Fsp3) is 0.615. The first kappa shape index (κ1) is 48.7. The maximum absolute atomic E-state index is 13.2. The van der Waals surface area contributed by atoms with Crippen LogP contribution in [0.4, 0.5) is 0 Å². The van der Waals surface area contributed by atoms with E-state index >= 15 is 0 Å². The van der Waals surface area contributed by atoms with Gasteiger partial charge in [-0.3, -0.25) is 43.2 Å². The lowest BCUT2D eigenvalue weighted by Crippen LogP contribution is -2.59. The van der Waals surface area contributed by atoms with Gasteiger partial charge in [-0.15, -0.1) is 0 Å². The minimum absolute atomic E-state index is 0.130. The van der Waals surface area contributed by atoms with E-state index in [1.807, 2.05) is 12.1 Å². The number of rotatable bonds is 22. The number of amides is 8. The second-order valence-electron chi connectivity index (χ2n) is 14.6. The van der Waals surface area contributed by atoms with Gasteiger partial charge in [-0.25, -0.2) is 0 Å². The summed E-state index contributed by atoms with van der Waals surface area (Å²) in [5.74, 6) is -7.04. The lowest BCUT2D eigenvalue weighted by Gasteiger charge is -2.30. The highest BCUT2D eigenvalue weighted by atomic mass is 16.3. The number of nitrogens with one attached hydrogen (secondary N) is 6. The van der Waals surface area contributed by atoms with E-state index in [0.717, 1.165) is 42.6 Å². The summed E-state index contributed by atoms with van der Waals surface area (Å²) >= 11 is 0. The number of likely N-dealkylation sites (tertiary alicyclic amines) is 1. The first-order valence-electron chi connectivity index (χ1n) is 19.5. The highest BCUT2D eigenvalue weighted by Gasteiger charge is 2.44. The fourth-order valence-corrected chi connectivity index (χ4v) is 6.45. The number of ketones is 1. The summed E-state index contributed by atoms with van der Waals surface area (Å²) in [6.07, 6.45) is 4.00. The van der Waals surface area contributed by atoms with Gasteiger partial charge < -0.3 is 51.9 Å². The fourth-order valence-electron chi connectivity index (χ4n) is 6.45. The van der Waals surface area contributed by atoms with Crippen LogP contribution in [0.25, 0.3) is 0 Å². The summed E-state index contributed by atoms with van der Waals surface area (Å²) in [7, 11) is 2.49. The molecule has 0 bridgehead atoms. The molecule has 322 valence electrons. The summed E-state index contributed by atoms with van der Waals surface area (Å²) in [5, 5.41) is 34.5. The van der Waals surface area contributed by atoms with E-state index in [-0.39, 0.29) is 12.0 Å². The first-order chi connectivity index (χ1) is 27.3. The molecule has 0 aromatic heterocycles. The number of carbonyl (C=O) groups is 9. The average Bonchev–Trinajstić information content (AvgIpc) is 3.47. The van der Waals surface area contributed by atoms with Crippen molar-refractivity contribution in [3.63, 3.8) is 0 Å². The molecule has 8 atom stereocenters. The molecule has 19 nitrogen and oxygen atoms in total. The van der Waals surface area contributed by atoms with Crippen LogP contribution in [0.5, 0.6) is 0 Å². The number of carbonyl (C=O) groups excluding carboxylic acids is 9. The minimum atomic E-state index is -1.52. The molecule has 0 saturated carbocycles. The summed E-state index contributed by atoms with van der Waals surface area (Å²) in [4.78, 5) is 117. The number of aliphatic hydroxyl groups excluding tert-OH is 2. The Hall–Kier alpha value is -5.43. The Kier molecular flexibility index (Phi) is 19.4. The van der Waals surface area contributed by atoms with Gasteiger partial charge in [0.2, 0.25) is 41.2 Å².